The molecular formula is C13H15F3N4S2. The lowest BCUT2D eigenvalue weighted by Crippen LogP contribution is -2.30. The first kappa shape index (κ1) is 15.7. The van der Waals surface area contributed by atoms with Crippen LogP contribution in [0.15, 0.2) is 17.1 Å². The van der Waals surface area contributed by atoms with Crippen molar-refractivity contribution in [3.63, 3.8) is 0 Å². The van der Waals surface area contributed by atoms with Crippen LogP contribution in [0.1, 0.15) is 17.0 Å². The fourth-order valence-electron chi connectivity index (χ4n) is 2.41. The van der Waals surface area contributed by atoms with Crippen molar-refractivity contribution in [3.8, 4) is 0 Å². The quantitative estimate of drug-likeness (QED) is 0.852. The average Bonchev–Trinajstić information content (AvgIpc) is 3.08. The van der Waals surface area contributed by atoms with Crippen LogP contribution in [-0.4, -0.2) is 41.0 Å². The molecule has 2 aromatic heterocycles. The van der Waals surface area contributed by atoms with Gasteiger partial charge in [0.1, 0.15) is 4.88 Å². The molecule has 0 aliphatic carbocycles. The van der Waals surface area contributed by atoms with E-state index in [1.807, 2.05) is 15.8 Å². The van der Waals surface area contributed by atoms with Crippen molar-refractivity contribution in [1.29, 1.82) is 0 Å². The van der Waals surface area contributed by atoms with E-state index in [1.54, 1.807) is 11.3 Å². The number of halogens is 3. The molecule has 3 heterocycles. The standard InChI is InChI=1S/C13H15F3N4S2/c14-13(15,16)11-6-17-12(22-11)20-3-1-2-19(4-5-20)7-10-8-21-9-18-10/h6,8-9H,1-5,7H2. The van der Waals surface area contributed by atoms with E-state index < -0.39 is 11.1 Å². The number of alkyl halides is 3. The Hall–Kier alpha value is -1.19. The van der Waals surface area contributed by atoms with Crippen molar-refractivity contribution >= 4 is 27.8 Å². The van der Waals surface area contributed by atoms with Crippen LogP contribution in [0.25, 0.3) is 0 Å². The summed E-state index contributed by atoms with van der Waals surface area (Å²) in [6.45, 7) is 3.94. The maximum Gasteiger partial charge on any atom is 0.427 e. The van der Waals surface area contributed by atoms with Gasteiger partial charge in [0.05, 0.1) is 17.4 Å². The van der Waals surface area contributed by atoms with Gasteiger partial charge in [-0.2, -0.15) is 13.2 Å². The van der Waals surface area contributed by atoms with E-state index in [-0.39, 0.29) is 0 Å². The summed E-state index contributed by atoms with van der Waals surface area (Å²) in [5, 5.41) is 2.49. The second kappa shape index (κ2) is 6.51. The molecule has 0 unspecified atom stereocenters. The molecule has 0 N–H and O–H groups in total. The fraction of sp³-hybridized carbons (Fsp3) is 0.538. The van der Waals surface area contributed by atoms with E-state index in [2.05, 4.69) is 14.9 Å². The van der Waals surface area contributed by atoms with Crippen LogP contribution in [0.3, 0.4) is 0 Å². The Balaban J connectivity index is 1.61. The summed E-state index contributed by atoms with van der Waals surface area (Å²) in [6.07, 6.45) is -2.47. The maximum atomic E-state index is 12.7. The average molecular weight is 348 g/mol. The number of anilines is 1. The molecule has 1 aliphatic rings. The zero-order chi connectivity index (χ0) is 15.6. The Morgan fingerprint density at radius 2 is 2.00 bits per heavy atom. The van der Waals surface area contributed by atoms with E-state index in [0.29, 0.717) is 11.7 Å². The highest BCUT2D eigenvalue weighted by Gasteiger charge is 2.34. The van der Waals surface area contributed by atoms with Gasteiger partial charge in [-0.15, -0.1) is 11.3 Å². The number of aromatic nitrogens is 2. The number of rotatable bonds is 3. The van der Waals surface area contributed by atoms with Gasteiger partial charge in [-0.1, -0.05) is 11.3 Å². The highest BCUT2D eigenvalue weighted by atomic mass is 32.1. The normalized spacial score (nSPS) is 17.7. The topological polar surface area (TPSA) is 32.3 Å². The molecule has 2 aromatic rings. The summed E-state index contributed by atoms with van der Waals surface area (Å²) >= 11 is 2.30. The molecule has 3 rings (SSSR count). The lowest BCUT2D eigenvalue weighted by molar-refractivity contribution is -0.134. The van der Waals surface area contributed by atoms with Gasteiger partial charge in [-0.05, 0) is 6.42 Å². The molecule has 120 valence electrons. The number of nitrogens with zero attached hydrogens (tertiary/aromatic N) is 4. The number of hydrogen-bond donors (Lipinski definition) is 0. The molecular weight excluding hydrogens is 333 g/mol. The third-order valence-electron chi connectivity index (χ3n) is 3.50. The zero-order valence-corrected chi connectivity index (χ0v) is 13.3. The van der Waals surface area contributed by atoms with Gasteiger partial charge in [0, 0.05) is 38.1 Å². The van der Waals surface area contributed by atoms with E-state index in [9.17, 15) is 13.2 Å². The second-order valence-electron chi connectivity index (χ2n) is 5.10. The van der Waals surface area contributed by atoms with Crippen molar-refractivity contribution in [2.75, 3.05) is 31.1 Å². The first-order chi connectivity index (χ1) is 10.5. The largest absolute Gasteiger partial charge is 0.427 e. The van der Waals surface area contributed by atoms with Gasteiger partial charge in [0.2, 0.25) is 0 Å². The first-order valence-electron chi connectivity index (χ1n) is 6.90. The minimum Gasteiger partial charge on any atom is -0.347 e. The van der Waals surface area contributed by atoms with E-state index >= 15 is 0 Å². The molecule has 9 heteroatoms. The lowest BCUT2D eigenvalue weighted by atomic mass is 10.3. The Labute approximate surface area is 134 Å². The van der Waals surface area contributed by atoms with Crippen molar-refractivity contribution in [1.82, 2.24) is 14.9 Å². The molecule has 0 bridgehead atoms. The smallest absolute Gasteiger partial charge is 0.347 e. The van der Waals surface area contributed by atoms with Gasteiger partial charge >= 0.3 is 6.18 Å². The van der Waals surface area contributed by atoms with Crippen LogP contribution in [0.2, 0.25) is 0 Å². The molecule has 0 amide bonds. The Morgan fingerprint density at radius 3 is 2.68 bits per heavy atom. The Morgan fingerprint density at radius 1 is 1.14 bits per heavy atom. The maximum absolute atomic E-state index is 12.7. The molecule has 0 atom stereocenters. The molecule has 4 nitrogen and oxygen atoms in total. The van der Waals surface area contributed by atoms with Crippen LogP contribution >= 0.6 is 22.7 Å². The van der Waals surface area contributed by atoms with Crippen molar-refractivity contribution in [3.05, 3.63) is 27.7 Å². The van der Waals surface area contributed by atoms with Gasteiger partial charge in [-0.25, -0.2) is 9.97 Å². The summed E-state index contributed by atoms with van der Waals surface area (Å²) in [4.78, 5) is 11.8. The van der Waals surface area contributed by atoms with Crippen LogP contribution in [-0.2, 0) is 12.7 Å². The van der Waals surface area contributed by atoms with Crippen LogP contribution in [0.5, 0.6) is 0 Å². The van der Waals surface area contributed by atoms with Crippen LogP contribution < -0.4 is 4.90 Å². The predicted molar refractivity (Wildman–Crippen MR) is 81.3 cm³/mol. The molecule has 1 aliphatic heterocycles. The van der Waals surface area contributed by atoms with Gasteiger partial charge in [0.15, 0.2) is 5.13 Å². The predicted octanol–water partition coefficient (Wildman–Crippen LogP) is 3.33. The molecule has 0 spiro atoms. The summed E-state index contributed by atoms with van der Waals surface area (Å²) in [6, 6.07) is 0. The molecule has 1 saturated heterocycles. The monoisotopic (exact) mass is 348 g/mol. The van der Waals surface area contributed by atoms with E-state index in [4.69, 9.17) is 0 Å². The highest BCUT2D eigenvalue weighted by molar-refractivity contribution is 7.15. The number of hydrogen-bond acceptors (Lipinski definition) is 6. The van der Waals surface area contributed by atoms with E-state index in [1.165, 1.54) is 0 Å². The molecule has 0 radical (unpaired) electrons. The van der Waals surface area contributed by atoms with Crippen molar-refractivity contribution < 1.29 is 13.2 Å². The minimum absolute atomic E-state index is 0.461. The third kappa shape index (κ3) is 3.76. The second-order valence-corrected chi connectivity index (χ2v) is 6.83. The van der Waals surface area contributed by atoms with Crippen molar-refractivity contribution in [2.45, 2.75) is 19.1 Å². The fourth-order valence-corrected chi connectivity index (χ4v) is 3.79. The van der Waals surface area contributed by atoms with Crippen LogP contribution in [0, 0.1) is 0 Å². The summed E-state index contributed by atoms with van der Waals surface area (Å²) in [7, 11) is 0. The van der Waals surface area contributed by atoms with Gasteiger partial charge < -0.3 is 4.90 Å². The molecule has 0 aromatic carbocycles. The van der Waals surface area contributed by atoms with Crippen LogP contribution in [0.4, 0.5) is 18.3 Å². The summed E-state index contributed by atoms with van der Waals surface area (Å²) < 4.78 is 38.0. The lowest BCUT2D eigenvalue weighted by Gasteiger charge is -2.20. The molecule has 22 heavy (non-hydrogen) atoms. The zero-order valence-electron chi connectivity index (χ0n) is 11.7. The number of thiazole rings is 2. The minimum atomic E-state index is -4.31. The van der Waals surface area contributed by atoms with Gasteiger partial charge in [-0.3, -0.25) is 4.90 Å². The summed E-state index contributed by atoms with van der Waals surface area (Å²) in [5.74, 6) is 0. The Kier molecular flexibility index (Phi) is 4.65. The third-order valence-corrected chi connectivity index (χ3v) is 5.24. The summed E-state index contributed by atoms with van der Waals surface area (Å²) in [5.41, 5.74) is 2.86. The molecule has 1 fully saturated rings. The Bertz CT molecular complexity index is 597. The van der Waals surface area contributed by atoms with E-state index in [0.717, 1.165) is 55.8 Å². The molecule has 0 saturated carbocycles. The van der Waals surface area contributed by atoms with Crippen molar-refractivity contribution in [2.24, 2.45) is 0 Å². The first-order valence-corrected chi connectivity index (χ1v) is 8.66. The van der Waals surface area contributed by atoms with Gasteiger partial charge in [0.25, 0.3) is 0 Å². The highest BCUT2D eigenvalue weighted by Crippen LogP contribution is 2.36. The SMILES string of the molecule is FC(F)(F)c1cnc(N2CCCN(Cc3cscn3)CC2)s1.